The van der Waals surface area contributed by atoms with E-state index in [4.69, 9.17) is 0 Å². The Morgan fingerprint density at radius 1 is 1.15 bits per heavy atom. The number of rotatable bonds is 9. The molecule has 140 valence electrons. The van der Waals surface area contributed by atoms with Crippen LogP contribution in [0.2, 0.25) is 0 Å². The summed E-state index contributed by atoms with van der Waals surface area (Å²) >= 11 is 1.53. The third-order valence-electron chi connectivity index (χ3n) is 3.83. The number of hydrogen-bond donors (Lipinski definition) is 3. The molecule has 2 amide bonds. The van der Waals surface area contributed by atoms with Crippen molar-refractivity contribution < 1.29 is 18.9 Å². The highest BCUT2D eigenvalue weighted by molar-refractivity contribution is 7.10. The molecule has 0 saturated heterocycles. The first-order chi connectivity index (χ1) is 12.5. The average molecular weight is 378 g/mol. The fourth-order valence-corrected chi connectivity index (χ4v) is 3.38. The summed E-state index contributed by atoms with van der Waals surface area (Å²) in [5, 5.41) is 7.74. The molecule has 3 N–H and O–H groups in total. The van der Waals surface area contributed by atoms with Crippen LogP contribution in [-0.2, 0) is 9.59 Å². The van der Waals surface area contributed by atoms with Crippen molar-refractivity contribution in [1.82, 2.24) is 10.6 Å². The van der Waals surface area contributed by atoms with Gasteiger partial charge in [0.25, 0.3) is 11.8 Å². The van der Waals surface area contributed by atoms with Gasteiger partial charge in [-0.2, -0.15) is 0 Å². The van der Waals surface area contributed by atoms with E-state index in [2.05, 4.69) is 10.6 Å². The van der Waals surface area contributed by atoms with Crippen LogP contribution in [0.25, 0.3) is 0 Å². The molecular weight excluding hydrogens is 353 g/mol. The van der Waals surface area contributed by atoms with Crippen LogP contribution < -0.4 is 15.5 Å². The highest BCUT2D eigenvalue weighted by Crippen LogP contribution is 2.26. The smallest absolute Gasteiger partial charge is 0.275 e. The lowest BCUT2D eigenvalue weighted by molar-refractivity contribution is -0.862. The maximum atomic E-state index is 13.2. The molecular formula is C19H25FN3O2S+. The minimum absolute atomic E-state index is 0.0644. The number of carbonyl (C=O) groups excluding carboxylic acids is 2. The van der Waals surface area contributed by atoms with Gasteiger partial charge in [-0.05, 0) is 35.6 Å². The molecule has 0 aliphatic rings. The molecule has 0 aliphatic carbocycles. The maximum absolute atomic E-state index is 13.2. The normalized spacial score (nSPS) is 13.0. The van der Waals surface area contributed by atoms with E-state index in [-0.39, 0.29) is 36.8 Å². The van der Waals surface area contributed by atoms with Crippen LogP contribution in [-0.4, -0.2) is 38.5 Å². The summed E-state index contributed by atoms with van der Waals surface area (Å²) < 4.78 is 13.2. The number of likely N-dealkylation sites (N-methyl/N-ethyl adjacent to an activating group) is 1. The van der Waals surface area contributed by atoms with Crippen molar-refractivity contribution in [1.29, 1.82) is 0 Å². The molecule has 0 radical (unpaired) electrons. The Labute approximate surface area is 157 Å². The first kappa shape index (κ1) is 20.1. The summed E-state index contributed by atoms with van der Waals surface area (Å²) in [7, 11) is 1.81. The zero-order chi connectivity index (χ0) is 18.9. The quantitative estimate of drug-likeness (QED) is 0.613. The second-order valence-corrected chi connectivity index (χ2v) is 7.21. The first-order valence-electron chi connectivity index (χ1n) is 8.65. The molecule has 7 heteroatoms. The Kier molecular flexibility index (Phi) is 7.74. The molecule has 1 aromatic carbocycles. The van der Waals surface area contributed by atoms with Crippen LogP contribution in [0.4, 0.5) is 4.39 Å². The molecule has 2 atom stereocenters. The summed E-state index contributed by atoms with van der Waals surface area (Å²) in [6.45, 7) is 3.06. The minimum Gasteiger partial charge on any atom is -0.351 e. The second-order valence-electron chi connectivity index (χ2n) is 6.23. The largest absolute Gasteiger partial charge is 0.351 e. The molecule has 1 unspecified atom stereocenters. The van der Waals surface area contributed by atoms with Crippen molar-refractivity contribution in [3.05, 3.63) is 58.0 Å². The Morgan fingerprint density at radius 3 is 2.46 bits per heavy atom. The zero-order valence-electron chi connectivity index (χ0n) is 15.0. The lowest BCUT2D eigenvalue weighted by Gasteiger charge is -2.20. The number of carbonyl (C=O) groups is 2. The van der Waals surface area contributed by atoms with E-state index in [0.717, 1.165) is 21.8 Å². The number of halogens is 1. The minimum atomic E-state index is -0.329. The summed E-state index contributed by atoms with van der Waals surface area (Å²) in [4.78, 5) is 26.0. The number of benzene rings is 1. The van der Waals surface area contributed by atoms with Crippen molar-refractivity contribution in [2.75, 3.05) is 26.7 Å². The lowest BCUT2D eigenvalue weighted by Crippen LogP contribution is -3.11. The van der Waals surface area contributed by atoms with Crippen molar-refractivity contribution in [3.8, 4) is 0 Å². The van der Waals surface area contributed by atoms with Gasteiger partial charge in [-0.3, -0.25) is 9.59 Å². The summed E-state index contributed by atoms with van der Waals surface area (Å²) in [6.07, 6.45) is 0.880. The van der Waals surface area contributed by atoms with Gasteiger partial charge in [0.1, 0.15) is 5.82 Å². The van der Waals surface area contributed by atoms with Crippen molar-refractivity contribution in [2.24, 2.45) is 0 Å². The van der Waals surface area contributed by atoms with E-state index in [1.165, 1.54) is 23.5 Å². The molecule has 1 heterocycles. The van der Waals surface area contributed by atoms with E-state index in [0.29, 0.717) is 6.54 Å². The van der Waals surface area contributed by atoms with Gasteiger partial charge in [-0.25, -0.2) is 4.39 Å². The van der Waals surface area contributed by atoms with Gasteiger partial charge >= 0.3 is 0 Å². The third-order valence-corrected chi connectivity index (χ3v) is 4.77. The molecule has 0 spiro atoms. The summed E-state index contributed by atoms with van der Waals surface area (Å²) in [5.74, 6) is -0.536. The van der Waals surface area contributed by atoms with Gasteiger partial charge in [0, 0.05) is 11.4 Å². The Bertz CT molecular complexity index is 704. The fourth-order valence-electron chi connectivity index (χ4n) is 2.58. The van der Waals surface area contributed by atoms with Gasteiger partial charge in [0.05, 0.1) is 13.1 Å². The number of hydrogen-bond acceptors (Lipinski definition) is 3. The lowest BCUT2D eigenvalue weighted by atomic mass is 10.1. The summed E-state index contributed by atoms with van der Waals surface area (Å²) in [5.41, 5.74) is 0.820. The van der Waals surface area contributed by atoms with Crippen molar-refractivity contribution in [2.45, 2.75) is 19.4 Å². The van der Waals surface area contributed by atoms with Crippen LogP contribution in [0, 0.1) is 5.82 Å². The van der Waals surface area contributed by atoms with Crippen LogP contribution >= 0.6 is 11.3 Å². The van der Waals surface area contributed by atoms with Gasteiger partial charge in [-0.1, -0.05) is 25.1 Å². The predicted molar refractivity (Wildman–Crippen MR) is 101 cm³/mol. The van der Waals surface area contributed by atoms with E-state index < -0.39 is 0 Å². The van der Waals surface area contributed by atoms with E-state index in [1.54, 1.807) is 12.1 Å². The molecule has 2 aromatic rings. The molecule has 26 heavy (non-hydrogen) atoms. The average Bonchev–Trinajstić information content (AvgIpc) is 3.13. The van der Waals surface area contributed by atoms with Crippen molar-refractivity contribution >= 4 is 23.2 Å². The highest BCUT2D eigenvalue weighted by Gasteiger charge is 2.21. The first-order valence-corrected chi connectivity index (χ1v) is 9.53. The zero-order valence-corrected chi connectivity index (χ0v) is 15.9. The number of nitrogens with one attached hydrogen (secondary N) is 3. The Morgan fingerprint density at radius 2 is 1.85 bits per heavy atom. The van der Waals surface area contributed by atoms with Gasteiger partial charge in [0.2, 0.25) is 0 Å². The van der Waals surface area contributed by atoms with E-state index in [9.17, 15) is 14.0 Å². The molecule has 5 nitrogen and oxygen atoms in total. The standard InChI is InChI=1S/C19H24FN3O2S/c1-3-10-21-17(24)12-23(2)13-18(25)22-19(16-5-4-11-26-16)14-6-8-15(20)9-7-14/h4-9,11,19H,3,10,12-13H2,1-2H3,(H,21,24)(H,22,25)/p+1/t19-/m0/s1. The molecule has 2 rings (SSSR count). The van der Waals surface area contributed by atoms with E-state index >= 15 is 0 Å². The van der Waals surface area contributed by atoms with Gasteiger partial charge in [0.15, 0.2) is 13.1 Å². The molecule has 0 aliphatic heterocycles. The third kappa shape index (κ3) is 6.24. The van der Waals surface area contributed by atoms with Gasteiger partial charge < -0.3 is 15.5 Å². The maximum Gasteiger partial charge on any atom is 0.275 e. The number of thiophene rings is 1. The van der Waals surface area contributed by atoms with Crippen LogP contribution in [0.3, 0.4) is 0 Å². The SMILES string of the molecule is CCCNC(=O)C[NH+](C)CC(=O)N[C@@H](c1ccc(F)cc1)c1cccs1. The van der Waals surface area contributed by atoms with Gasteiger partial charge in [-0.15, -0.1) is 11.3 Å². The molecule has 0 saturated carbocycles. The Hall–Kier alpha value is -2.25. The number of quaternary nitrogens is 1. The number of amides is 2. The van der Waals surface area contributed by atoms with Crippen LogP contribution in [0.15, 0.2) is 41.8 Å². The molecule has 0 fully saturated rings. The topological polar surface area (TPSA) is 62.6 Å². The fraction of sp³-hybridized carbons (Fsp3) is 0.368. The molecule has 1 aromatic heterocycles. The Balaban J connectivity index is 1.98. The summed E-state index contributed by atoms with van der Waals surface area (Å²) in [6, 6.07) is 9.65. The second kappa shape index (κ2) is 10.0. The van der Waals surface area contributed by atoms with E-state index in [1.807, 2.05) is 31.5 Å². The highest BCUT2D eigenvalue weighted by atomic mass is 32.1. The van der Waals surface area contributed by atoms with Crippen LogP contribution in [0.5, 0.6) is 0 Å². The predicted octanol–water partition coefficient (Wildman–Crippen LogP) is 1.13. The van der Waals surface area contributed by atoms with Crippen LogP contribution in [0.1, 0.15) is 29.8 Å². The van der Waals surface area contributed by atoms with Crippen molar-refractivity contribution in [3.63, 3.8) is 0 Å². The monoisotopic (exact) mass is 378 g/mol. The molecule has 0 bridgehead atoms.